The number of hydrogen-bond acceptors (Lipinski definition) is 2. The normalized spacial score (nSPS) is 22.3. The summed E-state index contributed by atoms with van der Waals surface area (Å²) in [5, 5.41) is 14.6. The van der Waals surface area contributed by atoms with E-state index in [1.165, 1.54) is 0 Å². The third-order valence-corrected chi connectivity index (χ3v) is 4.07. The number of carboxylic acid groups (broad SMARTS) is 1. The lowest BCUT2D eigenvalue weighted by Crippen LogP contribution is -2.52. The van der Waals surface area contributed by atoms with E-state index in [0.717, 1.165) is 25.7 Å². The third-order valence-electron chi connectivity index (χ3n) is 4.07. The van der Waals surface area contributed by atoms with Gasteiger partial charge in [-0.05, 0) is 36.5 Å². The zero-order chi connectivity index (χ0) is 16.3. The summed E-state index contributed by atoms with van der Waals surface area (Å²) in [6.45, 7) is 10.8. The SMILES string of the molecule is CCCC(NC(=O)NC1CC(C)(C)CC(C)(C)C1)C(=O)O. The molecule has 5 heteroatoms. The fourth-order valence-corrected chi connectivity index (χ4v) is 3.88. The summed E-state index contributed by atoms with van der Waals surface area (Å²) in [6, 6.07) is -1.08. The van der Waals surface area contributed by atoms with Crippen molar-refractivity contribution in [3.8, 4) is 0 Å². The maximum absolute atomic E-state index is 12.0. The molecule has 0 bridgehead atoms. The van der Waals surface area contributed by atoms with Crippen LogP contribution in [0.3, 0.4) is 0 Å². The van der Waals surface area contributed by atoms with Crippen molar-refractivity contribution in [2.75, 3.05) is 0 Å². The van der Waals surface area contributed by atoms with Crippen LogP contribution in [0.5, 0.6) is 0 Å². The molecule has 0 radical (unpaired) electrons. The van der Waals surface area contributed by atoms with Gasteiger partial charge in [0.2, 0.25) is 0 Å². The van der Waals surface area contributed by atoms with Crippen molar-refractivity contribution in [1.82, 2.24) is 10.6 Å². The summed E-state index contributed by atoms with van der Waals surface area (Å²) in [7, 11) is 0. The highest BCUT2D eigenvalue weighted by Gasteiger charge is 2.39. The molecule has 0 aromatic carbocycles. The molecule has 122 valence electrons. The highest BCUT2D eigenvalue weighted by atomic mass is 16.4. The van der Waals surface area contributed by atoms with Gasteiger partial charge < -0.3 is 15.7 Å². The molecule has 0 aromatic rings. The molecule has 0 heterocycles. The zero-order valence-corrected chi connectivity index (χ0v) is 14.0. The summed E-state index contributed by atoms with van der Waals surface area (Å²) < 4.78 is 0. The molecule has 1 saturated carbocycles. The van der Waals surface area contributed by atoms with Crippen LogP contribution in [0, 0.1) is 10.8 Å². The van der Waals surface area contributed by atoms with E-state index in [1.54, 1.807) is 0 Å². The maximum atomic E-state index is 12.0. The second-order valence-electron chi connectivity index (χ2n) is 7.91. The van der Waals surface area contributed by atoms with E-state index in [1.807, 2.05) is 6.92 Å². The Balaban J connectivity index is 2.59. The van der Waals surface area contributed by atoms with Crippen LogP contribution < -0.4 is 10.6 Å². The third kappa shape index (κ3) is 5.94. The Labute approximate surface area is 127 Å². The van der Waals surface area contributed by atoms with E-state index in [0.29, 0.717) is 6.42 Å². The molecule has 1 aliphatic rings. The Bertz CT molecular complexity index is 375. The summed E-state index contributed by atoms with van der Waals surface area (Å²) in [5.41, 5.74) is 0.380. The van der Waals surface area contributed by atoms with E-state index in [2.05, 4.69) is 38.3 Å². The summed E-state index contributed by atoms with van der Waals surface area (Å²) in [6.07, 6.45) is 4.16. The molecule has 21 heavy (non-hydrogen) atoms. The van der Waals surface area contributed by atoms with Crippen molar-refractivity contribution in [1.29, 1.82) is 0 Å². The van der Waals surface area contributed by atoms with E-state index in [9.17, 15) is 9.59 Å². The van der Waals surface area contributed by atoms with Crippen LogP contribution >= 0.6 is 0 Å². The fourth-order valence-electron chi connectivity index (χ4n) is 3.88. The molecule has 5 nitrogen and oxygen atoms in total. The van der Waals surface area contributed by atoms with Gasteiger partial charge in [0.05, 0.1) is 0 Å². The first-order chi connectivity index (χ1) is 9.54. The molecular formula is C16H30N2O3. The number of aliphatic carboxylic acids is 1. The first-order valence-corrected chi connectivity index (χ1v) is 7.84. The Morgan fingerprint density at radius 3 is 2.14 bits per heavy atom. The molecule has 1 fully saturated rings. The number of carbonyl (C=O) groups excluding carboxylic acids is 1. The van der Waals surface area contributed by atoms with Gasteiger partial charge in [-0.3, -0.25) is 0 Å². The number of urea groups is 1. The minimum atomic E-state index is -0.976. The van der Waals surface area contributed by atoms with Crippen LogP contribution in [0.1, 0.15) is 66.7 Å². The van der Waals surface area contributed by atoms with Crippen LogP contribution in [-0.2, 0) is 4.79 Å². The Morgan fingerprint density at radius 2 is 1.71 bits per heavy atom. The van der Waals surface area contributed by atoms with Gasteiger partial charge in [-0.1, -0.05) is 41.0 Å². The highest BCUT2D eigenvalue weighted by Crippen LogP contribution is 2.45. The van der Waals surface area contributed by atoms with Crippen LogP contribution in [0.15, 0.2) is 0 Å². The van der Waals surface area contributed by atoms with Crippen LogP contribution in [0.4, 0.5) is 4.79 Å². The van der Waals surface area contributed by atoms with E-state index in [4.69, 9.17) is 5.11 Å². The number of nitrogens with one attached hydrogen (secondary N) is 2. The van der Waals surface area contributed by atoms with Crippen molar-refractivity contribution in [3.63, 3.8) is 0 Å². The molecule has 0 saturated heterocycles. The Morgan fingerprint density at radius 1 is 1.19 bits per heavy atom. The molecule has 0 aliphatic heterocycles. The number of hydrogen-bond donors (Lipinski definition) is 3. The fraction of sp³-hybridized carbons (Fsp3) is 0.875. The molecule has 0 spiro atoms. The molecule has 1 rings (SSSR count). The van der Waals surface area contributed by atoms with E-state index >= 15 is 0 Å². The zero-order valence-electron chi connectivity index (χ0n) is 14.0. The highest BCUT2D eigenvalue weighted by molar-refractivity contribution is 5.82. The predicted molar refractivity (Wildman–Crippen MR) is 83.2 cm³/mol. The molecule has 1 unspecified atom stereocenters. The van der Waals surface area contributed by atoms with Crippen LogP contribution in [0.25, 0.3) is 0 Å². The lowest BCUT2D eigenvalue weighted by atomic mass is 9.63. The van der Waals surface area contributed by atoms with Crippen molar-refractivity contribution in [3.05, 3.63) is 0 Å². The number of rotatable bonds is 5. The van der Waals surface area contributed by atoms with Gasteiger partial charge in [0.15, 0.2) is 0 Å². The van der Waals surface area contributed by atoms with Crippen LogP contribution in [-0.4, -0.2) is 29.2 Å². The van der Waals surface area contributed by atoms with E-state index in [-0.39, 0.29) is 22.9 Å². The second-order valence-corrected chi connectivity index (χ2v) is 7.91. The van der Waals surface area contributed by atoms with Gasteiger partial charge in [0.1, 0.15) is 6.04 Å². The standard InChI is InChI=1S/C16H30N2O3/c1-6-7-12(13(19)20)18-14(21)17-11-8-15(2,3)10-16(4,5)9-11/h11-12H,6-10H2,1-5H3,(H,19,20)(H2,17,18,21). The minimum Gasteiger partial charge on any atom is -0.480 e. The molecule has 2 amide bonds. The lowest BCUT2D eigenvalue weighted by Gasteiger charge is -2.45. The van der Waals surface area contributed by atoms with Crippen molar-refractivity contribution < 1.29 is 14.7 Å². The number of amides is 2. The molecule has 1 aliphatic carbocycles. The second kappa shape index (κ2) is 6.67. The largest absolute Gasteiger partial charge is 0.480 e. The average Bonchev–Trinajstić information content (AvgIpc) is 2.23. The molecule has 0 aromatic heterocycles. The average molecular weight is 298 g/mol. The summed E-state index contributed by atoms with van der Waals surface area (Å²) in [5.74, 6) is -0.976. The van der Waals surface area contributed by atoms with Crippen molar-refractivity contribution >= 4 is 12.0 Å². The van der Waals surface area contributed by atoms with Gasteiger partial charge in [0.25, 0.3) is 0 Å². The van der Waals surface area contributed by atoms with Gasteiger partial charge in [0, 0.05) is 6.04 Å². The Kier molecular flexibility index (Phi) is 5.65. The Hall–Kier alpha value is -1.26. The van der Waals surface area contributed by atoms with Gasteiger partial charge in [-0.25, -0.2) is 9.59 Å². The molecular weight excluding hydrogens is 268 g/mol. The quantitative estimate of drug-likeness (QED) is 0.729. The molecule has 1 atom stereocenters. The van der Waals surface area contributed by atoms with Crippen molar-refractivity contribution in [2.45, 2.75) is 78.8 Å². The summed E-state index contributed by atoms with van der Waals surface area (Å²) >= 11 is 0. The first-order valence-electron chi connectivity index (χ1n) is 7.84. The number of carbonyl (C=O) groups is 2. The first kappa shape index (κ1) is 17.8. The van der Waals surface area contributed by atoms with Crippen molar-refractivity contribution in [2.24, 2.45) is 10.8 Å². The number of carboxylic acids is 1. The van der Waals surface area contributed by atoms with E-state index < -0.39 is 12.0 Å². The molecule has 3 N–H and O–H groups in total. The van der Waals surface area contributed by atoms with Gasteiger partial charge in [-0.2, -0.15) is 0 Å². The summed E-state index contributed by atoms with van der Waals surface area (Å²) in [4.78, 5) is 23.1. The smallest absolute Gasteiger partial charge is 0.326 e. The monoisotopic (exact) mass is 298 g/mol. The topological polar surface area (TPSA) is 78.4 Å². The van der Waals surface area contributed by atoms with Gasteiger partial charge >= 0.3 is 12.0 Å². The van der Waals surface area contributed by atoms with Crippen LogP contribution in [0.2, 0.25) is 0 Å². The van der Waals surface area contributed by atoms with Gasteiger partial charge in [-0.15, -0.1) is 0 Å². The lowest BCUT2D eigenvalue weighted by molar-refractivity contribution is -0.139. The minimum absolute atomic E-state index is 0.0971. The predicted octanol–water partition coefficient (Wildman–Crippen LogP) is 3.14. The maximum Gasteiger partial charge on any atom is 0.326 e.